The normalized spacial score (nSPS) is 19.8. The van der Waals surface area contributed by atoms with Gasteiger partial charge in [-0.15, -0.1) is 0 Å². The van der Waals surface area contributed by atoms with E-state index >= 15 is 0 Å². The third-order valence-electron chi connectivity index (χ3n) is 8.33. The minimum atomic E-state index is -1.18. The predicted octanol–water partition coefficient (Wildman–Crippen LogP) is 0.695. The van der Waals surface area contributed by atoms with Crippen molar-refractivity contribution in [3.63, 3.8) is 0 Å². The largest absolute Gasteiger partial charge is 0.550 e. The zero-order valence-corrected chi connectivity index (χ0v) is 25.3. The third-order valence-corrected chi connectivity index (χ3v) is 8.33. The molecule has 2 aromatic rings. The molecule has 2 aromatic heterocycles. The molecule has 2 aliphatic rings. The van der Waals surface area contributed by atoms with Gasteiger partial charge in [-0.25, -0.2) is 4.99 Å². The summed E-state index contributed by atoms with van der Waals surface area (Å²) < 4.78 is 0. The highest BCUT2D eigenvalue weighted by Crippen LogP contribution is 2.29. The van der Waals surface area contributed by atoms with Crippen LogP contribution in [0.3, 0.4) is 0 Å². The summed E-state index contributed by atoms with van der Waals surface area (Å²) in [7, 11) is 0. The first-order chi connectivity index (χ1) is 20.4. The fourth-order valence-electron chi connectivity index (χ4n) is 5.76. The number of nitrogens with zero attached hydrogens (tertiary/aromatic N) is 1. The first-order valence-electron chi connectivity index (χ1n) is 14.4. The van der Waals surface area contributed by atoms with Crippen LogP contribution in [0.15, 0.2) is 33.5 Å². The Morgan fingerprint density at radius 2 is 1.53 bits per heavy atom. The van der Waals surface area contributed by atoms with E-state index in [1.165, 1.54) is 0 Å². The minimum Gasteiger partial charge on any atom is -0.550 e. The van der Waals surface area contributed by atoms with Gasteiger partial charge >= 0.3 is 0 Å². The molecule has 4 rings (SSSR count). The maximum absolute atomic E-state index is 12.3. The van der Waals surface area contributed by atoms with Gasteiger partial charge in [0, 0.05) is 45.3 Å². The molecule has 0 bridgehead atoms. The molecular formula is C33H36N4O6-2. The number of aromatic nitrogens is 2. The third kappa shape index (κ3) is 6.38. The van der Waals surface area contributed by atoms with E-state index in [1.54, 1.807) is 6.08 Å². The van der Waals surface area contributed by atoms with E-state index in [1.807, 2.05) is 59.8 Å². The van der Waals surface area contributed by atoms with Gasteiger partial charge in [-0.05, 0) is 118 Å². The van der Waals surface area contributed by atoms with E-state index in [-0.39, 0.29) is 43.4 Å². The molecule has 0 aliphatic carbocycles. The van der Waals surface area contributed by atoms with Crippen LogP contribution in [0.2, 0.25) is 0 Å². The highest BCUT2D eigenvalue weighted by molar-refractivity contribution is 6.30. The molecule has 3 N–H and O–H groups in total. The summed E-state index contributed by atoms with van der Waals surface area (Å²) in [5.74, 6) is -3.00. The van der Waals surface area contributed by atoms with Crippen LogP contribution in [-0.2, 0) is 32.0 Å². The van der Waals surface area contributed by atoms with Crippen LogP contribution >= 0.6 is 0 Å². The molecule has 226 valence electrons. The van der Waals surface area contributed by atoms with Gasteiger partial charge in [-0.1, -0.05) is 13.0 Å². The van der Waals surface area contributed by atoms with Gasteiger partial charge in [0.15, 0.2) is 0 Å². The fourth-order valence-corrected chi connectivity index (χ4v) is 5.76. The highest BCUT2D eigenvalue weighted by atomic mass is 16.4. The molecule has 0 radical (unpaired) electrons. The van der Waals surface area contributed by atoms with Gasteiger partial charge in [0.2, 0.25) is 5.91 Å². The monoisotopic (exact) mass is 584 g/mol. The summed E-state index contributed by atoms with van der Waals surface area (Å²) in [4.78, 5) is 58.4. The molecule has 1 atom stereocenters. The SMILES string of the molecule is C/C=C1/C(=C/c2[nH]c(C=c3[nH]c(=CC4=NC(=O)C(CC)=C4C)c(C)c3CCC(=O)[O-])c(CCC(=O)[O-])c2C)NC(=O)[C@@H]1C. The van der Waals surface area contributed by atoms with Crippen LogP contribution in [0.25, 0.3) is 18.2 Å². The molecule has 0 spiro atoms. The van der Waals surface area contributed by atoms with Crippen molar-refractivity contribution in [1.82, 2.24) is 15.3 Å². The van der Waals surface area contributed by atoms with Crippen molar-refractivity contribution >= 4 is 47.7 Å². The van der Waals surface area contributed by atoms with Crippen molar-refractivity contribution in [2.75, 3.05) is 0 Å². The van der Waals surface area contributed by atoms with Gasteiger partial charge in [-0.3, -0.25) is 9.59 Å². The van der Waals surface area contributed by atoms with E-state index in [2.05, 4.69) is 20.3 Å². The number of carbonyl (C=O) groups is 4. The van der Waals surface area contributed by atoms with Crippen molar-refractivity contribution in [1.29, 1.82) is 0 Å². The van der Waals surface area contributed by atoms with Crippen molar-refractivity contribution in [2.45, 2.75) is 73.6 Å². The van der Waals surface area contributed by atoms with Crippen LogP contribution in [0.1, 0.15) is 80.6 Å². The predicted molar refractivity (Wildman–Crippen MR) is 159 cm³/mol. The van der Waals surface area contributed by atoms with E-state index < -0.39 is 11.9 Å². The second-order valence-corrected chi connectivity index (χ2v) is 10.9. The summed E-state index contributed by atoms with van der Waals surface area (Å²) in [5.41, 5.74) is 8.06. The van der Waals surface area contributed by atoms with E-state index in [0.29, 0.717) is 45.5 Å². The number of aliphatic carboxylic acids is 2. The van der Waals surface area contributed by atoms with Crippen LogP contribution < -0.4 is 26.2 Å². The first-order valence-corrected chi connectivity index (χ1v) is 14.4. The molecule has 1 saturated heterocycles. The summed E-state index contributed by atoms with van der Waals surface area (Å²) in [5, 5.41) is 27.0. The number of nitrogens with one attached hydrogen (secondary N) is 3. The van der Waals surface area contributed by atoms with Crippen molar-refractivity contribution in [3.8, 4) is 0 Å². The van der Waals surface area contributed by atoms with Crippen molar-refractivity contribution in [3.05, 3.63) is 72.8 Å². The highest BCUT2D eigenvalue weighted by Gasteiger charge is 2.29. The Balaban J connectivity index is 1.91. The zero-order valence-electron chi connectivity index (χ0n) is 25.3. The Morgan fingerprint density at radius 3 is 2.12 bits per heavy atom. The smallest absolute Gasteiger partial charge is 0.273 e. The quantitative estimate of drug-likeness (QED) is 0.371. The number of carboxylic acid groups (broad SMARTS) is 2. The van der Waals surface area contributed by atoms with Crippen LogP contribution in [0, 0.1) is 19.8 Å². The Labute approximate surface area is 249 Å². The van der Waals surface area contributed by atoms with Gasteiger partial charge in [0.25, 0.3) is 5.91 Å². The molecule has 0 saturated carbocycles. The second kappa shape index (κ2) is 12.6. The zero-order chi connectivity index (χ0) is 31.6. The Kier molecular flexibility index (Phi) is 9.18. The number of aromatic amines is 2. The van der Waals surface area contributed by atoms with Crippen molar-refractivity contribution in [2.24, 2.45) is 10.9 Å². The number of amides is 2. The Morgan fingerprint density at radius 1 is 0.884 bits per heavy atom. The van der Waals surface area contributed by atoms with Gasteiger partial charge in [0.05, 0.1) is 11.6 Å². The number of carboxylic acids is 2. The molecule has 2 aliphatic heterocycles. The average Bonchev–Trinajstić information content (AvgIpc) is 3.59. The molecule has 4 heterocycles. The molecular weight excluding hydrogens is 548 g/mol. The minimum absolute atomic E-state index is 0.0968. The topological polar surface area (TPSA) is 170 Å². The lowest BCUT2D eigenvalue weighted by Crippen LogP contribution is -2.23. The lowest BCUT2D eigenvalue weighted by Gasteiger charge is -2.05. The number of H-pyrrole nitrogens is 2. The van der Waals surface area contributed by atoms with E-state index in [0.717, 1.165) is 33.4 Å². The van der Waals surface area contributed by atoms with E-state index in [4.69, 9.17) is 0 Å². The summed E-state index contributed by atoms with van der Waals surface area (Å²) in [6, 6.07) is 0. The average molecular weight is 585 g/mol. The molecule has 2 amide bonds. The lowest BCUT2D eigenvalue weighted by molar-refractivity contribution is -0.307. The maximum atomic E-state index is 12.3. The number of allylic oxidation sites excluding steroid dienone is 3. The molecule has 1 fully saturated rings. The fraction of sp³-hybridized carbons (Fsp3) is 0.364. The number of rotatable bonds is 10. The van der Waals surface area contributed by atoms with Crippen molar-refractivity contribution < 1.29 is 29.4 Å². The molecule has 43 heavy (non-hydrogen) atoms. The lowest BCUT2D eigenvalue weighted by atomic mass is 10.00. The molecule has 10 nitrogen and oxygen atoms in total. The van der Waals surface area contributed by atoms with E-state index in [9.17, 15) is 29.4 Å². The molecule has 10 heteroatoms. The van der Waals surface area contributed by atoms with Gasteiger partial charge in [-0.2, -0.15) is 0 Å². The second-order valence-electron chi connectivity index (χ2n) is 10.9. The molecule has 0 aromatic carbocycles. The number of aliphatic imine (C=N–C) groups is 1. The Bertz CT molecular complexity index is 1780. The number of hydrogen-bond donors (Lipinski definition) is 3. The summed E-state index contributed by atoms with van der Waals surface area (Å²) in [6.45, 7) is 11.2. The first kappa shape index (κ1) is 31.2. The Hall–Kier alpha value is -4.73. The number of hydrogen-bond acceptors (Lipinski definition) is 6. The summed E-state index contributed by atoms with van der Waals surface area (Å²) in [6.07, 6.45) is 7.95. The van der Waals surface area contributed by atoms with Gasteiger partial charge in [0.1, 0.15) is 0 Å². The van der Waals surface area contributed by atoms with Crippen LogP contribution in [-0.4, -0.2) is 39.4 Å². The van der Waals surface area contributed by atoms with Crippen LogP contribution in [0.4, 0.5) is 0 Å². The van der Waals surface area contributed by atoms with Crippen LogP contribution in [0.5, 0.6) is 0 Å². The standard InChI is InChI=1S/C33H38N4O6/c1-7-20-19(6)32(42)37-27(20)14-25-18(5)23(10-12-31(40)41)29(35-25)15-28-22(9-11-30(38)39)17(4)24(34-28)13-26-16(3)21(8-2)33(43)36-26/h7,13-15,19,34-35H,8-12H2,1-6H3,(H,37,42)(H,38,39)(H,40,41)/p-2/b20-7+,24-13?,27-14-,28-15?/t19-/m1/s1. The molecule has 0 unspecified atom stereocenters. The van der Waals surface area contributed by atoms with Gasteiger partial charge < -0.3 is 35.1 Å². The maximum Gasteiger partial charge on any atom is 0.273 e. The summed E-state index contributed by atoms with van der Waals surface area (Å²) >= 11 is 0. The number of carbonyl (C=O) groups excluding carboxylic acids is 4.